The van der Waals surface area contributed by atoms with E-state index in [0.717, 1.165) is 5.92 Å². The molecule has 1 atom stereocenters. The summed E-state index contributed by atoms with van der Waals surface area (Å²) in [5, 5.41) is 3.41. The molecule has 0 amide bonds. The maximum Gasteiger partial charge on any atom is -0.00488 e. The summed E-state index contributed by atoms with van der Waals surface area (Å²) in [5.74, 6) is 0.915. The molecule has 68 valence electrons. The molecule has 0 aromatic carbocycles. The molecule has 0 radical (unpaired) electrons. The zero-order valence-electron chi connectivity index (χ0n) is 8.32. The first kappa shape index (κ1) is 11.0. The second-order valence-electron chi connectivity index (χ2n) is 3.41. The highest BCUT2D eigenvalue weighted by Gasteiger charge is 1.96. The third-order valence-corrected chi connectivity index (χ3v) is 2.17. The van der Waals surface area contributed by atoms with E-state index in [4.69, 9.17) is 0 Å². The van der Waals surface area contributed by atoms with E-state index in [1.807, 2.05) is 0 Å². The molecule has 0 saturated heterocycles. The van der Waals surface area contributed by atoms with Gasteiger partial charge in [0.2, 0.25) is 0 Å². The van der Waals surface area contributed by atoms with Crippen molar-refractivity contribution in [3.8, 4) is 0 Å². The van der Waals surface area contributed by atoms with Crippen LogP contribution in [-0.2, 0) is 0 Å². The van der Waals surface area contributed by atoms with Crippen molar-refractivity contribution >= 4 is 0 Å². The minimum Gasteiger partial charge on any atom is -0.317 e. The van der Waals surface area contributed by atoms with Crippen molar-refractivity contribution in [2.45, 2.75) is 46.5 Å². The Labute approximate surface area is 71.6 Å². The Kier molecular flexibility index (Phi) is 8.03. The molecule has 0 aliphatic heterocycles. The van der Waals surface area contributed by atoms with Gasteiger partial charge >= 0.3 is 0 Å². The SMILES string of the molecule is CCCNCCCC(C)CC. The first-order valence-corrected chi connectivity index (χ1v) is 5.02. The fourth-order valence-corrected chi connectivity index (χ4v) is 1.08. The van der Waals surface area contributed by atoms with E-state index < -0.39 is 0 Å². The smallest absolute Gasteiger partial charge is 0.00488 e. The third-order valence-electron chi connectivity index (χ3n) is 2.17. The molecule has 0 aliphatic carbocycles. The van der Waals surface area contributed by atoms with E-state index in [1.165, 1.54) is 38.8 Å². The molecular formula is C10H23N. The number of hydrogen-bond acceptors (Lipinski definition) is 1. The lowest BCUT2D eigenvalue weighted by Crippen LogP contribution is -2.16. The van der Waals surface area contributed by atoms with Crippen LogP contribution in [0.1, 0.15) is 46.5 Å². The van der Waals surface area contributed by atoms with E-state index in [9.17, 15) is 0 Å². The molecule has 0 heterocycles. The standard InChI is InChI=1S/C10H23N/c1-4-8-11-9-6-7-10(3)5-2/h10-11H,4-9H2,1-3H3. The molecule has 0 fully saturated rings. The summed E-state index contributed by atoms with van der Waals surface area (Å²) in [5.41, 5.74) is 0. The molecule has 1 heteroatoms. The van der Waals surface area contributed by atoms with Crippen molar-refractivity contribution in [2.24, 2.45) is 5.92 Å². The fraction of sp³-hybridized carbons (Fsp3) is 1.00. The average molecular weight is 157 g/mol. The largest absolute Gasteiger partial charge is 0.317 e. The van der Waals surface area contributed by atoms with Gasteiger partial charge in [-0.3, -0.25) is 0 Å². The van der Waals surface area contributed by atoms with Gasteiger partial charge in [0.15, 0.2) is 0 Å². The van der Waals surface area contributed by atoms with Crippen LogP contribution in [0.4, 0.5) is 0 Å². The molecule has 0 saturated carbocycles. The van der Waals surface area contributed by atoms with Gasteiger partial charge in [-0.1, -0.05) is 27.2 Å². The molecule has 0 spiro atoms. The second kappa shape index (κ2) is 8.06. The van der Waals surface area contributed by atoms with Gasteiger partial charge in [-0.05, 0) is 38.3 Å². The molecule has 1 nitrogen and oxygen atoms in total. The molecule has 0 aromatic heterocycles. The minimum atomic E-state index is 0.915. The monoisotopic (exact) mass is 157 g/mol. The van der Waals surface area contributed by atoms with E-state index >= 15 is 0 Å². The Morgan fingerprint density at radius 3 is 2.45 bits per heavy atom. The zero-order chi connectivity index (χ0) is 8.53. The van der Waals surface area contributed by atoms with Gasteiger partial charge in [0.25, 0.3) is 0 Å². The van der Waals surface area contributed by atoms with Crippen LogP contribution in [-0.4, -0.2) is 13.1 Å². The van der Waals surface area contributed by atoms with Gasteiger partial charge in [0.1, 0.15) is 0 Å². The van der Waals surface area contributed by atoms with E-state index in [2.05, 4.69) is 26.1 Å². The van der Waals surface area contributed by atoms with Crippen LogP contribution >= 0.6 is 0 Å². The molecule has 0 bridgehead atoms. The normalized spacial score (nSPS) is 13.4. The van der Waals surface area contributed by atoms with Gasteiger partial charge in [0.05, 0.1) is 0 Å². The molecule has 0 rings (SSSR count). The number of rotatable bonds is 7. The Morgan fingerprint density at radius 1 is 1.18 bits per heavy atom. The molecule has 11 heavy (non-hydrogen) atoms. The fourth-order valence-electron chi connectivity index (χ4n) is 1.08. The van der Waals surface area contributed by atoms with Crippen LogP contribution in [0.3, 0.4) is 0 Å². The summed E-state index contributed by atoms with van der Waals surface area (Å²) in [6, 6.07) is 0. The van der Waals surface area contributed by atoms with Crippen LogP contribution in [0.25, 0.3) is 0 Å². The van der Waals surface area contributed by atoms with E-state index in [1.54, 1.807) is 0 Å². The minimum absolute atomic E-state index is 0.915. The summed E-state index contributed by atoms with van der Waals surface area (Å²) in [6.07, 6.45) is 5.30. The second-order valence-corrected chi connectivity index (χ2v) is 3.41. The van der Waals surface area contributed by atoms with Gasteiger partial charge < -0.3 is 5.32 Å². The van der Waals surface area contributed by atoms with Crippen molar-refractivity contribution < 1.29 is 0 Å². The molecule has 0 aliphatic rings. The summed E-state index contributed by atoms with van der Waals surface area (Å²) in [6.45, 7) is 9.20. The van der Waals surface area contributed by atoms with Crippen molar-refractivity contribution in [3.05, 3.63) is 0 Å². The Bertz CT molecular complexity index is 71.3. The highest BCUT2D eigenvalue weighted by molar-refractivity contribution is 4.52. The lowest BCUT2D eigenvalue weighted by Gasteiger charge is -2.07. The Morgan fingerprint density at radius 2 is 1.91 bits per heavy atom. The quantitative estimate of drug-likeness (QED) is 0.560. The lowest BCUT2D eigenvalue weighted by molar-refractivity contribution is 0.481. The van der Waals surface area contributed by atoms with Crippen molar-refractivity contribution in [1.82, 2.24) is 5.32 Å². The van der Waals surface area contributed by atoms with Gasteiger partial charge in [-0.15, -0.1) is 0 Å². The first-order valence-electron chi connectivity index (χ1n) is 5.02. The summed E-state index contributed by atoms with van der Waals surface area (Å²) in [4.78, 5) is 0. The first-order chi connectivity index (χ1) is 5.31. The molecule has 0 aromatic rings. The van der Waals surface area contributed by atoms with Gasteiger partial charge in [-0.2, -0.15) is 0 Å². The Hall–Kier alpha value is -0.0400. The maximum atomic E-state index is 3.41. The van der Waals surface area contributed by atoms with Crippen molar-refractivity contribution in [2.75, 3.05) is 13.1 Å². The predicted molar refractivity (Wildman–Crippen MR) is 51.8 cm³/mol. The highest BCUT2D eigenvalue weighted by atomic mass is 14.8. The van der Waals surface area contributed by atoms with Gasteiger partial charge in [-0.25, -0.2) is 0 Å². The average Bonchev–Trinajstić information content (AvgIpc) is 2.04. The molecule has 1 unspecified atom stereocenters. The highest BCUT2D eigenvalue weighted by Crippen LogP contribution is 2.07. The van der Waals surface area contributed by atoms with Crippen LogP contribution in [0, 0.1) is 5.92 Å². The Balaban J connectivity index is 2.89. The topological polar surface area (TPSA) is 12.0 Å². The van der Waals surface area contributed by atoms with Crippen molar-refractivity contribution in [1.29, 1.82) is 0 Å². The summed E-state index contributed by atoms with van der Waals surface area (Å²) >= 11 is 0. The molecular weight excluding hydrogens is 134 g/mol. The van der Waals surface area contributed by atoms with E-state index in [0.29, 0.717) is 0 Å². The third kappa shape index (κ3) is 7.86. The van der Waals surface area contributed by atoms with Crippen LogP contribution in [0.2, 0.25) is 0 Å². The van der Waals surface area contributed by atoms with Gasteiger partial charge in [0, 0.05) is 0 Å². The zero-order valence-corrected chi connectivity index (χ0v) is 8.32. The lowest BCUT2D eigenvalue weighted by atomic mass is 10.0. The number of nitrogens with one attached hydrogen (secondary N) is 1. The van der Waals surface area contributed by atoms with E-state index in [-0.39, 0.29) is 0 Å². The summed E-state index contributed by atoms with van der Waals surface area (Å²) < 4.78 is 0. The van der Waals surface area contributed by atoms with Crippen LogP contribution < -0.4 is 5.32 Å². The molecule has 1 N–H and O–H groups in total. The maximum absolute atomic E-state index is 3.41. The number of hydrogen-bond donors (Lipinski definition) is 1. The van der Waals surface area contributed by atoms with Crippen LogP contribution in [0.5, 0.6) is 0 Å². The van der Waals surface area contributed by atoms with Crippen LogP contribution in [0.15, 0.2) is 0 Å². The van der Waals surface area contributed by atoms with Crippen molar-refractivity contribution in [3.63, 3.8) is 0 Å². The summed E-state index contributed by atoms with van der Waals surface area (Å²) in [7, 11) is 0. The predicted octanol–water partition coefficient (Wildman–Crippen LogP) is 2.81.